The second-order valence-corrected chi connectivity index (χ2v) is 7.48. The van der Waals surface area contributed by atoms with E-state index in [1.54, 1.807) is 27.8 Å². The molecule has 0 bridgehead atoms. The molecule has 1 aromatic carbocycles. The number of hydrogen-bond donors (Lipinski definition) is 1. The molecular formula is C21H23N5O3. The molecule has 8 nitrogen and oxygen atoms in total. The highest BCUT2D eigenvalue weighted by molar-refractivity contribution is 5.86. The van der Waals surface area contributed by atoms with Crippen LogP contribution >= 0.6 is 0 Å². The zero-order valence-electron chi connectivity index (χ0n) is 16.2. The summed E-state index contributed by atoms with van der Waals surface area (Å²) >= 11 is 0. The number of amides is 1. The predicted octanol–water partition coefficient (Wildman–Crippen LogP) is 2.84. The van der Waals surface area contributed by atoms with E-state index in [1.807, 2.05) is 31.4 Å². The second-order valence-electron chi connectivity index (χ2n) is 7.48. The van der Waals surface area contributed by atoms with Crippen LogP contribution in [0.1, 0.15) is 30.5 Å². The van der Waals surface area contributed by atoms with Gasteiger partial charge in [-0.05, 0) is 36.5 Å². The Labute approximate surface area is 168 Å². The van der Waals surface area contributed by atoms with Crippen LogP contribution < -0.4 is 10.3 Å². The highest BCUT2D eigenvalue weighted by Crippen LogP contribution is 2.29. The van der Waals surface area contributed by atoms with Crippen LogP contribution in [-0.2, 0) is 13.5 Å². The molecule has 150 valence electrons. The molecule has 0 aliphatic heterocycles. The van der Waals surface area contributed by atoms with Crippen molar-refractivity contribution in [3.8, 4) is 5.69 Å². The number of aryl methyl sites for hydroxylation is 1. The summed E-state index contributed by atoms with van der Waals surface area (Å²) < 4.78 is 3.29. The van der Waals surface area contributed by atoms with Gasteiger partial charge in [0.05, 0.1) is 12.4 Å². The first-order valence-corrected chi connectivity index (χ1v) is 9.67. The van der Waals surface area contributed by atoms with E-state index in [0.29, 0.717) is 30.3 Å². The van der Waals surface area contributed by atoms with E-state index in [-0.39, 0.29) is 5.43 Å². The Hall–Kier alpha value is -3.42. The minimum Gasteiger partial charge on any atom is -0.465 e. The van der Waals surface area contributed by atoms with E-state index in [0.717, 1.165) is 24.1 Å². The molecule has 29 heavy (non-hydrogen) atoms. The maximum Gasteiger partial charge on any atom is 0.411 e. The maximum absolute atomic E-state index is 12.3. The molecule has 1 N–H and O–H groups in total. The fraction of sp³-hybridized carbons (Fsp3) is 0.333. The number of carboxylic acid groups (broad SMARTS) is 1. The van der Waals surface area contributed by atoms with Crippen molar-refractivity contribution in [3.63, 3.8) is 0 Å². The molecule has 0 unspecified atom stereocenters. The number of aromatic nitrogens is 4. The Bertz CT molecular complexity index is 1080. The van der Waals surface area contributed by atoms with Gasteiger partial charge in [-0.3, -0.25) is 14.4 Å². The molecule has 8 heteroatoms. The van der Waals surface area contributed by atoms with Gasteiger partial charge in [-0.1, -0.05) is 18.6 Å². The van der Waals surface area contributed by atoms with Crippen molar-refractivity contribution >= 4 is 11.8 Å². The van der Waals surface area contributed by atoms with E-state index in [2.05, 4.69) is 10.2 Å². The minimum atomic E-state index is -0.953. The molecule has 1 aliphatic rings. The third kappa shape index (κ3) is 4.21. The van der Waals surface area contributed by atoms with Gasteiger partial charge in [0.25, 0.3) is 0 Å². The Morgan fingerprint density at radius 2 is 2.14 bits per heavy atom. The number of hydrogen-bond acceptors (Lipinski definition) is 4. The molecule has 1 fully saturated rings. The first-order chi connectivity index (χ1) is 14.0. The van der Waals surface area contributed by atoms with Gasteiger partial charge in [0, 0.05) is 38.0 Å². The van der Waals surface area contributed by atoms with Crippen molar-refractivity contribution in [2.45, 2.75) is 25.7 Å². The highest BCUT2D eigenvalue weighted by Gasteiger charge is 2.24. The van der Waals surface area contributed by atoms with Crippen LogP contribution in [0.15, 0.2) is 53.7 Å². The summed E-state index contributed by atoms with van der Waals surface area (Å²) in [4.78, 5) is 25.5. The van der Waals surface area contributed by atoms with Crippen LogP contribution in [0.2, 0.25) is 0 Å². The molecule has 0 radical (unpaired) electrons. The van der Waals surface area contributed by atoms with Gasteiger partial charge >= 0.3 is 6.09 Å². The highest BCUT2D eigenvalue weighted by atomic mass is 16.4. The van der Waals surface area contributed by atoms with E-state index >= 15 is 0 Å². The topological polar surface area (TPSA) is 93.2 Å². The van der Waals surface area contributed by atoms with Crippen molar-refractivity contribution in [2.24, 2.45) is 13.0 Å². The monoisotopic (exact) mass is 393 g/mol. The first-order valence-electron chi connectivity index (χ1n) is 9.67. The van der Waals surface area contributed by atoms with Crippen molar-refractivity contribution in [1.82, 2.24) is 19.6 Å². The van der Waals surface area contributed by atoms with Crippen LogP contribution in [0.4, 0.5) is 10.5 Å². The lowest BCUT2D eigenvalue weighted by Gasteiger charge is -2.31. The summed E-state index contributed by atoms with van der Waals surface area (Å²) in [7, 11) is 1.82. The van der Waals surface area contributed by atoms with Gasteiger partial charge in [0.15, 0.2) is 0 Å². The minimum absolute atomic E-state index is 0.153. The number of rotatable bonds is 6. The third-order valence-electron chi connectivity index (χ3n) is 5.33. The van der Waals surface area contributed by atoms with Crippen LogP contribution in [0, 0.1) is 5.92 Å². The standard InChI is InChI=1S/C21H23N5O3/c1-24-14-18(12-22-24)26-9-8-20(27)19(23-26)11-16-6-3-7-17(10-16)25(21(28)29)13-15-4-2-5-15/h3,6-10,12,14-15H,2,4-5,11,13H2,1H3,(H,28,29). The van der Waals surface area contributed by atoms with E-state index in [4.69, 9.17) is 0 Å². The molecule has 2 heterocycles. The summed E-state index contributed by atoms with van der Waals surface area (Å²) in [6.45, 7) is 0.510. The Balaban J connectivity index is 1.59. The quantitative estimate of drug-likeness (QED) is 0.695. The number of nitrogens with zero attached hydrogens (tertiary/aromatic N) is 5. The van der Waals surface area contributed by atoms with E-state index in [9.17, 15) is 14.7 Å². The number of anilines is 1. The van der Waals surface area contributed by atoms with Crippen LogP contribution in [0.25, 0.3) is 5.69 Å². The van der Waals surface area contributed by atoms with E-state index in [1.165, 1.54) is 17.4 Å². The van der Waals surface area contributed by atoms with Gasteiger partial charge in [0.1, 0.15) is 11.4 Å². The van der Waals surface area contributed by atoms with Crippen molar-refractivity contribution < 1.29 is 9.90 Å². The maximum atomic E-state index is 12.3. The summed E-state index contributed by atoms with van der Waals surface area (Å²) in [5.41, 5.74) is 2.48. The molecule has 1 amide bonds. The third-order valence-corrected chi connectivity index (χ3v) is 5.33. The fourth-order valence-electron chi connectivity index (χ4n) is 3.50. The zero-order chi connectivity index (χ0) is 20.4. The van der Waals surface area contributed by atoms with Crippen molar-refractivity contribution in [3.05, 3.63) is 70.4 Å². The molecule has 2 aromatic heterocycles. The smallest absolute Gasteiger partial charge is 0.411 e. The Kier molecular flexibility index (Phi) is 5.16. The molecule has 4 rings (SSSR count). The van der Waals surface area contributed by atoms with Gasteiger partial charge in [-0.25, -0.2) is 9.48 Å². The summed E-state index contributed by atoms with van der Waals surface area (Å²) in [5, 5.41) is 18.2. The predicted molar refractivity (Wildman–Crippen MR) is 109 cm³/mol. The number of benzene rings is 1. The average Bonchev–Trinajstić information content (AvgIpc) is 3.09. The fourth-order valence-corrected chi connectivity index (χ4v) is 3.50. The van der Waals surface area contributed by atoms with Gasteiger partial charge in [0.2, 0.25) is 5.43 Å². The largest absolute Gasteiger partial charge is 0.465 e. The van der Waals surface area contributed by atoms with Crippen molar-refractivity contribution in [1.29, 1.82) is 0 Å². The van der Waals surface area contributed by atoms with Gasteiger partial charge in [-0.15, -0.1) is 0 Å². The van der Waals surface area contributed by atoms with Gasteiger partial charge < -0.3 is 5.11 Å². The van der Waals surface area contributed by atoms with Crippen LogP contribution in [-0.4, -0.2) is 37.3 Å². The number of carbonyl (C=O) groups is 1. The average molecular weight is 393 g/mol. The summed E-state index contributed by atoms with van der Waals surface area (Å²) in [6.07, 6.45) is 7.79. The second kappa shape index (κ2) is 7.90. The van der Waals surface area contributed by atoms with Gasteiger partial charge in [-0.2, -0.15) is 10.2 Å². The molecule has 3 aromatic rings. The van der Waals surface area contributed by atoms with Crippen molar-refractivity contribution in [2.75, 3.05) is 11.4 Å². The lowest BCUT2D eigenvalue weighted by Crippen LogP contribution is -2.36. The first kappa shape index (κ1) is 18.9. The molecule has 1 saturated carbocycles. The SMILES string of the molecule is Cn1cc(-n2ccc(=O)c(Cc3cccc(N(CC4CCC4)C(=O)O)c3)n2)cn1. The zero-order valence-corrected chi connectivity index (χ0v) is 16.2. The summed E-state index contributed by atoms with van der Waals surface area (Å²) in [5.74, 6) is 0.428. The lowest BCUT2D eigenvalue weighted by molar-refractivity contribution is 0.197. The molecule has 1 aliphatic carbocycles. The molecule has 0 saturated heterocycles. The van der Waals surface area contributed by atoms with Crippen LogP contribution in [0.5, 0.6) is 0 Å². The van der Waals surface area contributed by atoms with Crippen LogP contribution in [0.3, 0.4) is 0 Å². The summed E-state index contributed by atoms with van der Waals surface area (Å²) in [6, 6.07) is 8.82. The Morgan fingerprint density at radius 3 is 2.79 bits per heavy atom. The molecule has 0 spiro atoms. The normalized spacial score (nSPS) is 13.8. The molecular weight excluding hydrogens is 370 g/mol. The van der Waals surface area contributed by atoms with E-state index < -0.39 is 6.09 Å². The Morgan fingerprint density at radius 1 is 1.31 bits per heavy atom. The lowest BCUT2D eigenvalue weighted by atomic mass is 9.85. The molecule has 0 atom stereocenters.